The van der Waals surface area contributed by atoms with Gasteiger partial charge in [-0.15, -0.1) is 11.3 Å². The van der Waals surface area contributed by atoms with Crippen LogP contribution in [0.2, 0.25) is 0 Å². The third kappa shape index (κ3) is 2.65. The summed E-state index contributed by atoms with van der Waals surface area (Å²) in [7, 11) is 0. The lowest BCUT2D eigenvalue weighted by atomic mass is 10.1. The number of urea groups is 1. The first-order chi connectivity index (χ1) is 8.08. The molecule has 6 heteroatoms. The Bertz CT molecular complexity index is 444. The summed E-state index contributed by atoms with van der Waals surface area (Å²) < 4.78 is 0. The van der Waals surface area contributed by atoms with E-state index in [4.69, 9.17) is 5.73 Å². The molecule has 0 saturated carbocycles. The number of hydrogen-bond acceptors (Lipinski definition) is 4. The van der Waals surface area contributed by atoms with E-state index in [-0.39, 0.29) is 11.9 Å². The highest BCUT2D eigenvalue weighted by molar-refractivity contribution is 7.10. The van der Waals surface area contributed by atoms with Crippen LogP contribution in [0.3, 0.4) is 0 Å². The predicted molar refractivity (Wildman–Crippen MR) is 65.6 cm³/mol. The number of carbonyl (C=O) groups excluding carboxylic acids is 2. The Morgan fingerprint density at radius 2 is 2.35 bits per heavy atom. The van der Waals surface area contributed by atoms with Crippen molar-refractivity contribution in [2.24, 2.45) is 5.73 Å². The summed E-state index contributed by atoms with van der Waals surface area (Å²) in [5.74, 6) is -0.337. The molecule has 1 aromatic heterocycles. The molecule has 5 nitrogen and oxygen atoms in total. The molecule has 3 amide bonds. The van der Waals surface area contributed by atoms with Crippen LogP contribution < -0.4 is 11.1 Å². The van der Waals surface area contributed by atoms with Crippen molar-refractivity contribution in [1.82, 2.24) is 10.2 Å². The average molecular weight is 253 g/mol. The lowest BCUT2D eigenvalue weighted by molar-refractivity contribution is -0.125. The van der Waals surface area contributed by atoms with Crippen molar-refractivity contribution in [3.05, 3.63) is 21.9 Å². The molecule has 1 aliphatic rings. The number of fused-ring (bicyclic) bond motifs is 1. The van der Waals surface area contributed by atoms with Gasteiger partial charge in [0.15, 0.2) is 0 Å². The van der Waals surface area contributed by atoms with Crippen LogP contribution in [0.15, 0.2) is 11.4 Å². The van der Waals surface area contributed by atoms with E-state index in [9.17, 15) is 9.59 Å². The minimum Gasteiger partial charge on any atom is -0.351 e. The van der Waals surface area contributed by atoms with Gasteiger partial charge in [0.05, 0.1) is 6.04 Å². The highest BCUT2D eigenvalue weighted by Gasteiger charge is 2.26. The van der Waals surface area contributed by atoms with E-state index in [2.05, 4.69) is 16.8 Å². The maximum atomic E-state index is 11.7. The van der Waals surface area contributed by atoms with Crippen molar-refractivity contribution in [1.29, 1.82) is 0 Å². The first-order valence-corrected chi connectivity index (χ1v) is 6.35. The Kier molecular flexibility index (Phi) is 3.44. The van der Waals surface area contributed by atoms with E-state index < -0.39 is 6.03 Å². The maximum absolute atomic E-state index is 11.7. The van der Waals surface area contributed by atoms with Crippen LogP contribution in [0, 0.1) is 0 Å². The summed E-state index contributed by atoms with van der Waals surface area (Å²) in [6, 6.07) is 0.954. The van der Waals surface area contributed by atoms with Crippen LogP contribution in [0.4, 0.5) is 4.79 Å². The fourth-order valence-electron chi connectivity index (χ4n) is 1.99. The number of primary amides is 1. The number of hydrogen-bond donors (Lipinski definition) is 2. The predicted octanol–water partition coefficient (Wildman–Crippen LogP) is 0.690. The number of imide groups is 1. The van der Waals surface area contributed by atoms with Gasteiger partial charge in [-0.3, -0.25) is 15.0 Å². The Morgan fingerprint density at radius 3 is 3.06 bits per heavy atom. The molecule has 0 bridgehead atoms. The van der Waals surface area contributed by atoms with Crippen LogP contribution in [-0.4, -0.2) is 29.4 Å². The van der Waals surface area contributed by atoms with E-state index in [1.807, 2.05) is 4.90 Å². The van der Waals surface area contributed by atoms with Gasteiger partial charge in [0.1, 0.15) is 0 Å². The molecule has 0 unspecified atom stereocenters. The number of rotatable bonds is 2. The number of nitrogens with one attached hydrogen (secondary N) is 1. The summed E-state index contributed by atoms with van der Waals surface area (Å²) in [6.45, 7) is 3.38. The van der Waals surface area contributed by atoms with Crippen LogP contribution in [0.5, 0.6) is 0 Å². The van der Waals surface area contributed by atoms with Gasteiger partial charge in [0.2, 0.25) is 5.91 Å². The Morgan fingerprint density at radius 1 is 1.59 bits per heavy atom. The first kappa shape index (κ1) is 12.1. The van der Waals surface area contributed by atoms with Gasteiger partial charge in [0.25, 0.3) is 0 Å². The molecule has 92 valence electrons. The van der Waals surface area contributed by atoms with Crippen molar-refractivity contribution in [2.45, 2.75) is 25.9 Å². The molecule has 0 fully saturated rings. The number of thiophene rings is 1. The molecule has 1 aliphatic heterocycles. The van der Waals surface area contributed by atoms with E-state index in [1.165, 1.54) is 10.4 Å². The van der Waals surface area contributed by atoms with Gasteiger partial charge in [-0.1, -0.05) is 0 Å². The second-order valence-electron chi connectivity index (χ2n) is 4.12. The zero-order valence-corrected chi connectivity index (χ0v) is 10.4. The molecule has 3 N–H and O–H groups in total. The monoisotopic (exact) mass is 253 g/mol. The molecular weight excluding hydrogens is 238 g/mol. The smallest absolute Gasteiger partial charge is 0.318 e. The summed E-state index contributed by atoms with van der Waals surface area (Å²) in [5, 5.41) is 4.19. The van der Waals surface area contributed by atoms with Gasteiger partial charge in [-0.25, -0.2) is 4.79 Å². The van der Waals surface area contributed by atoms with E-state index in [0.29, 0.717) is 0 Å². The molecule has 2 rings (SSSR count). The fraction of sp³-hybridized carbons (Fsp3) is 0.455. The van der Waals surface area contributed by atoms with Crippen LogP contribution in [-0.2, 0) is 17.8 Å². The average Bonchev–Trinajstić information content (AvgIpc) is 2.73. The number of carbonyl (C=O) groups is 2. The quantitative estimate of drug-likeness (QED) is 0.814. The summed E-state index contributed by atoms with van der Waals surface area (Å²) >= 11 is 1.76. The minimum absolute atomic E-state index is 0.337. The SMILES string of the molecule is C[C@@H](C(=O)NC(N)=O)N1CCc2sccc2C1. The maximum Gasteiger partial charge on any atom is 0.318 e. The second-order valence-corrected chi connectivity index (χ2v) is 5.12. The normalized spacial score (nSPS) is 17.2. The highest BCUT2D eigenvalue weighted by Crippen LogP contribution is 2.25. The van der Waals surface area contributed by atoms with Crippen molar-refractivity contribution in [3.8, 4) is 0 Å². The van der Waals surface area contributed by atoms with Crippen molar-refractivity contribution < 1.29 is 9.59 Å². The number of nitrogens with two attached hydrogens (primary N) is 1. The summed E-state index contributed by atoms with van der Waals surface area (Å²) in [5.41, 5.74) is 6.21. The standard InChI is InChI=1S/C11H15N3O2S/c1-7(10(15)13-11(12)16)14-4-2-9-8(6-14)3-5-17-9/h3,5,7H,2,4,6H2,1H3,(H3,12,13,15,16)/t7-/m0/s1. The fourth-order valence-corrected chi connectivity index (χ4v) is 2.88. The minimum atomic E-state index is -0.796. The van der Waals surface area contributed by atoms with E-state index >= 15 is 0 Å². The lowest BCUT2D eigenvalue weighted by Gasteiger charge is -2.31. The first-order valence-electron chi connectivity index (χ1n) is 5.47. The van der Waals surface area contributed by atoms with Crippen LogP contribution in [0.1, 0.15) is 17.4 Å². The molecule has 17 heavy (non-hydrogen) atoms. The van der Waals surface area contributed by atoms with Crippen molar-refractivity contribution >= 4 is 23.3 Å². The lowest BCUT2D eigenvalue weighted by Crippen LogP contribution is -2.49. The van der Waals surface area contributed by atoms with E-state index in [1.54, 1.807) is 18.3 Å². The molecule has 0 aliphatic carbocycles. The number of nitrogens with zero attached hydrogens (tertiary/aromatic N) is 1. The highest BCUT2D eigenvalue weighted by atomic mass is 32.1. The zero-order chi connectivity index (χ0) is 12.4. The molecule has 0 spiro atoms. The Balaban J connectivity index is 2.00. The van der Waals surface area contributed by atoms with Gasteiger partial charge < -0.3 is 5.73 Å². The molecule has 1 atom stereocenters. The van der Waals surface area contributed by atoms with E-state index in [0.717, 1.165) is 19.5 Å². The summed E-state index contributed by atoms with van der Waals surface area (Å²) in [6.07, 6.45) is 0.960. The number of amides is 3. The molecular formula is C11H15N3O2S. The van der Waals surface area contributed by atoms with Crippen LogP contribution >= 0.6 is 11.3 Å². The zero-order valence-electron chi connectivity index (χ0n) is 9.60. The van der Waals surface area contributed by atoms with Gasteiger partial charge in [-0.05, 0) is 30.4 Å². The van der Waals surface area contributed by atoms with Crippen LogP contribution in [0.25, 0.3) is 0 Å². The van der Waals surface area contributed by atoms with Crippen molar-refractivity contribution in [2.75, 3.05) is 6.54 Å². The topological polar surface area (TPSA) is 75.4 Å². The van der Waals surface area contributed by atoms with Crippen molar-refractivity contribution in [3.63, 3.8) is 0 Å². The molecule has 2 heterocycles. The molecule has 0 saturated heterocycles. The molecule has 0 aromatic carbocycles. The third-order valence-electron chi connectivity index (χ3n) is 3.01. The largest absolute Gasteiger partial charge is 0.351 e. The third-order valence-corrected chi connectivity index (χ3v) is 4.03. The van der Waals surface area contributed by atoms with Gasteiger partial charge in [-0.2, -0.15) is 0 Å². The molecule has 0 radical (unpaired) electrons. The summed E-state index contributed by atoms with van der Waals surface area (Å²) in [4.78, 5) is 25.7. The second kappa shape index (κ2) is 4.85. The van der Waals surface area contributed by atoms with Gasteiger partial charge >= 0.3 is 6.03 Å². The Labute approximate surface area is 104 Å². The Hall–Kier alpha value is -1.40. The molecule has 1 aromatic rings. The van der Waals surface area contributed by atoms with Gasteiger partial charge in [0, 0.05) is 18.0 Å².